The normalized spacial score (nSPS) is 12.2. The van der Waals surface area contributed by atoms with Gasteiger partial charge < -0.3 is 5.32 Å². The van der Waals surface area contributed by atoms with Crippen molar-refractivity contribution in [3.63, 3.8) is 0 Å². The molecule has 1 aromatic rings. The third kappa shape index (κ3) is 4.99. The minimum Gasteiger partial charge on any atom is -0.348 e. The largest absolute Gasteiger partial charge is 0.416 e. The van der Waals surface area contributed by atoms with Gasteiger partial charge in [0.15, 0.2) is 0 Å². The maximum atomic E-state index is 12.7. The summed E-state index contributed by atoms with van der Waals surface area (Å²) < 4.78 is 38.1. The number of carbonyl (C=O) groups excluding carboxylic acids is 1. The Morgan fingerprint density at radius 3 is 2.58 bits per heavy atom. The van der Waals surface area contributed by atoms with Crippen LogP contribution in [0.5, 0.6) is 0 Å². The molecule has 2 nitrogen and oxygen atoms in total. The van der Waals surface area contributed by atoms with Crippen molar-refractivity contribution < 1.29 is 18.0 Å². The molecule has 0 aliphatic carbocycles. The number of halogens is 3. The Hall–Kier alpha value is -2.04. The quantitative estimate of drug-likeness (QED) is 0.658. The van der Waals surface area contributed by atoms with Crippen molar-refractivity contribution in [2.24, 2.45) is 0 Å². The van der Waals surface area contributed by atoms with E-state index < -0.39 is 17.6 Å². The number of carbonyl (C=O) groups is 1. The van der Waals surface area contributed by atoms with Gasteiger partial charge in [-0.15, -0.1) is 0 Å². The summed E-state index contributed by atoms with van der Waals surface area (Å²) in [7, 11) is 0. The van der Waals surface area contributed by atoms with E-state index in [1.54, 1.807) is 19.1 Å². The monoisotopic (exact) mass is 269 g/mol. The van der Waals surface area contributed by atoms with Gasteiger partial charge in [0.25, 0.3) is 0 Å². The summed E-state index contributed by atoms with van der Waals surface area (Å²) in [5.74, 6) is -0.435. The Morgan fingerprint density at radius 1 is 1.26 bits per heavy atom. The number of amides is 1. The number of rotatable bonds is 4. The molecule has 0 saturated heterocycles. The molecule has 0 bridgehead atoms. The number of alkyl halides is 3. The minimum absolute atomic E-state index is 0.0442. The summed E-state index contributed by atoms with van der Waals surface area (Å²) in [5.41, 5.74) is -0.685. The molecular formula is C14H14F3NO. The predicted octanol–water partition coefficient (Wildman–Crippen LogP) is 3.45. The molecule has 5 heteroatoms. The van der Waals surface area contributed by atoms with E-state index in [1.807, 2.05) is 0 Å². The van der Waals surface area contributed by atoms with Crippen molar-refractivity contribution in [3.05, 3.63) is 59.7 Å². The SMILES string of the molecule is C/C=C/C=C/C(=O)NCc1ccccc1C(F)(F)F. The van der Waals surface area contributed by atoms with Crippen molar-refractivity contribution in [3.8, 4) is 0 Å². The topological polar surface area (TPSA) is 29.1 Å². The molecule has 0 unspecified atom stereocenters. The lowest BCUT2D eigenvalue weighted by molar-refractivity contribution is -0.138. The first-order valence-corrected chi connectivity index (χ1v) is 5.67. The lowest BCUT2D eigenvalue weighted by Crippen LogP contribution is -2.22. The van der Waals surface area contributed by atoms with Crippen LogP contribution in [0.2, 0.25) is 0 Å². The zero-order valence-corrected chi connectivity index (χ0v) is 10.4. The first-order valence-electron chi connectivity index (χ1n) is 5.67. The molecule has 0 atom stereocenters. The van der Waals surface area contributed by atoms with Gasteiger partial charge in [0.05, 0.1) is 5.56 Å². The third-order valence-corrected chi connectivity index (χ3v) is 2.33. The summed E-state index contributed by atoms with van der Waals surface area (Å²) in [6, 6.07) is 5.17. The second-order valence-electron chi connectivity index (χ2n) is 3.76. The molecule has 0 aromatic heterocycles. The molecule has 1 amide bonds. The highest BCUT2D eigenvalue weighted by molar-refractivity contribution is 5.87. The van der Waals surface area contributed by atoms with Gasteiger partial charge in [-0.3, -0.25) is 4.79 Å². The molecule has 0 heterocycles. The second-order valence-corrected chi connectivity index (χ2v) is 3.76. The van der Waals surface area contributed by atoms with Gasteiger partial charge in [-0.1, -0.05) is 36.4 Å². The van der Waals surface area contributed by atoms with Crippen molar-refractivity contribution in [2.45, 2.75) is 19.6 Å². The highest BCUT2D eigenvalue weighted by atomic mass is 19.4. The summed E-state index contributed by atoms with van der Waals surface area (Å²) in [5, 5.41) is 2.41. The van der Waals surface area contributed by atoms with Gasteiger partial charge in [-0.25, -0.2) is 0 Å². The maximum absolute atomic E-state index is 12.7. The highest BCUT2D eigenvalue weighted by Crippen LogP contribution is 2.31. The smallest absolute Gasteiger partial charge is 0.348 e. The molecule has 0 aliphatic heterocycles. The number of hydrogen-bond acceptors (Lipinski definition) is 1. The Labute approximate surface area is 109 Å². The van der Waals surface area contributed by atoms with E-state index >= 15 is 0 Å². The van der Waals surface area contributed by atoms with Crippen LogP contribution in [0.15, 0.2) is 48.6 Å². The lowest BCUT2D eigenvalue weighted by atomic mass is 10.1. The van der Waals surface area contributed by atoms with Crippen molar-refractivity contribution in [1.82, 2.24) is 5.32 Å². The molecule has 0 aliphatic rings. The van der Waals surface area contributed by atoms with Gasteiger partial charge >= 0.3 is 6.18 Å². The highest BCUT2D eigenvalue weighted by Gasteiger charge is 2.32. The van der Waals surface area contributed by atoms with Crippen molar-refractivity contribution in [1.29, 1.82) is 0 Å². The molecule has 0 radical (unpaired) electrons. The van der Waals surface area contributed by atoms with Gasteiger partial charge in [-0.2, -0.15) is 13.2 Å². The molecule has 102 valence electrons. The van der Waals surface area contributed by atoms with E-state index in [0.717, 1.165) is 6.07 Å². The molecule has 1 N–H and O–H groups in total. The molecular weight excluding hydrogens is 255 g/mol. The molecule has 19 heavy (non-hydrogen) atoms. The lowest BCUT2D eigenvalue weighted by Gasteiger charge is -2.12. The molecule has 0 fully saturated rings. The Balaban J connectivity index is 2.71. The van der Waals surface area contributed by atoms with E-state index in [0.29, 0.717) is 0 Å². The van der Waals surface area contributed by atoms with Crippen LogP contribution < -0.4 is 5.32 Å². The average Bonchev–Trinajstić information content (AvgIpc) is 2.36. The van der Waals surface area contributed by atoms with Crippen LogP contribution in [0.25, 0.3) is 0 Å². The van der Waals surface area contributed by atoms with Crippen LogP contribution in [-0.2, 0) is 17.5 Å². The van der Waals surface area contributed by atoms with E-state index in [2.05, 4.69) is 5.32 Å². The number of nitrogens with one attached hydrogen (secondary N) is 1. The van der Waals surface area contributed by atoms with Crippen LogP contribution in [-0.4, -0.2) is 5.91 Å². The van der Waals surface area contributed by atoms with Gasteiger partial charge in [-0.05, 0) is 18.6 Å². The summed E-state index contributed by atoms with van der Waals surface area (Å²) >= 11 is 0. The first-order chi connectivity index (χ1) is 8.95. The number of hydrogen-bond donors (Lipinski definition) is 1. The number of allylic oxidation sites excluding steroid dienone is 3. The summed E-state index contributed by atoms with van der Waals surface area (Å²) in [6.45, 7) is 1.64. The van der Waals surface area contributed by atoms with Crippen LogP contribution in [0.3, 0.4) is 0 Å². The Bertz CT molecular complexity index is 490. The zero-order valence-electron chi connectivity index (χ0n) is 10.4. The molecule has 0 saturated carbocycles. The summed E-state index contributed by atoms with van der Waals surface area (Å²) in [4.78, 5) is 11.3. The van der Waals surface area contributed by atoms with Gasteiger partial charge in [0.1, 0.15) is 0 Å². The van der Waals surface area contributed by atoms with Crippen LogP contribution in [0, 0.1) is 0 Å². The predicted molar refractivity (Wildman–Crippen MR) is 67.2 cm³/mol. The van der Waals surface area contributed by atoms with Crippen LogP contribution >= 0.6 is 0 Å². The second kappa shape index (κ2) is 6.78. The minimum atomic E-state index is -4.41. The fourth-order valence-electron chi connectivity index (χ4n) is 1.45. The molecule has 0 spiro atoms. The van der Waals surface area contributed by atoms with Crippen LogP contribution in [0.1, 0.15) is 18.1 Å². The zero-order chi connectivity index (χ0) is 14.3. The van der Waals surface area contributed by atoms with Crippen LogP contribution in [0.4, 0.5) is 13.2 Å². The first kappa shape index (κ1) is 15.0. The standard InChI is InChI=1S/C14H14F3NO/c1-2-3-4-9-13(19)18-10-11-7-5-6-8-12(11)14(15,16)17/h2-9H,10H2,1H3,(H,18,19)/b3-2+,9-4+. The third-order valence-electron chi connectivity index (χ3n) is 2.33. The van der Waals surface area contributed by atoms with Crippen molar-refractivity contribution >= 4 is 5.91 Å². The Kier molecular flexibility index (Phi) is 5.36. The summed E-state index contributed by atoms with van der Waals surface area (Å²) in [6.07, 6.45) is 1.76. The van der Waals surface area contributed by atoms with E-state index in [1.165, 1.54) is 30.4 Å². The number of benzene rings is 1. The maximum Gasteiger partial charge on any atom is 0.416 e. The van der Waals surface area contributed by atoms with E-state index in [-0.39, 0.29) is 12.1 Å². The van der Waals surface area contributed by atoms with Crippen molar-refractivity contribution in [2.75, 3.05) is 0 Å². The fourth-order valence-corrected chi connectivity index (χ4v) is 1.45. The molecule has 1 aromatic carbocycles. The fraction of sp³-hybridized carbons (Fsp3) is 0.214. The van der Waals surface area contributed by atoms with Gasteiger partial charge in [0.2, 0.25) is 5.91 Å². The van der Waals surface area contributed by atoms with E-state index in [4.69, 9.17) is 0 Å². The average molecular weight is 269 g/mol. The molecule has 1 rings (SSSR count). The Morgan fingerprint density at radius 2 is 1.95 bits per heavy atom. The van der Waals surface area contributed by atoms with Gasteiger partial charge in [0, 0.05) is 12.6 Å². The van der Waals surface area contributed by atoms with E-state index in [9.17, 15) is 18.0 Å².